The fourth-order valence-electron chi connectivity index (χ4n) is 2.02. The number of nitrogens with one attached hydrogen (secondary N) is 1. The summed E-state index contributed by atoms with van der Waals surface area (Å²) in [6, 6.07) is -0.576. The zero-order valence-corrected chi connectivity index (χ0v) is 10.6. The lowest BCUT2D eigenvalue weighted by molar-refractivity contribution is -0.146. The lowest BCUT2D eigenvalue weighted by Crippen LogP contribution is -2.45. The molecule has 1 atom stereocenters. The number of primary amides is 1. The van der Waals surface area contributed by atoms with Crippen LogP contribution in [0.2, 0.25) is 0 Å². The van der Waals surface area contributed by atoms with E-state index in [1.54, 1.807) is 4.90 Å². The van der Waals surface area contributed by atoms with E-state index in [4.69, 9.17) is 15.6 Å². The van der Waals surface area contributed by atoms with Crippen molar-refractivity contribution in [2.24, 2.45) is 11.7 Å². The van der Waals surface area contributed by atoms with Crippen LogP contribution in [0.1, 0.15) is 12.8 Å². The average molecular weight is 273 g/mol. The molecule has 8 heteroatoms. The van der Waals surface area contributed by atoms with Crippen molar-refractivity contribution in [3.05, 3.63) is 0 Å². The molecule has 0 radical (unpaired) electrons. The van der Waals surface area contributed by atoms with Gasteiger partial charge in [0.05, 0.1) is 0 Å². The summed E-state index contributed by atoms with van der Waals surface area (Å²) < 4.78 is 4.76. The van der Waals surface area contributed by atoms with Crippen LogP contribution < -0.4 is 11.1 Å². The molecular weight excluding hydrogens is 254 g/mol. The highest BCUT2D eigenvalue weighted by Crippen LogP contribution is 2.15. The van der Waals surface area contributed by atoms with Gasteiger partial charge in [0, 0.05) is 19.6 Å². The lowest BCUT2D eigenvalue weighted by Gasteiger charge is -2.32. The van der Waals surface area contributed by atoms with Crippen molar-refractivity contribution < 1.29 is 24.2 Å². The number of nitrogens with two attached hydrogens (primary N) is 1. The number of carbonyl (C=O) groups is 3. The van der Waals surface area contributed by atoms with Gasteiger partial charge >= 0.3 is 12.0 Å². The third kappa shape index (κ3) is 6.05. The molecule has 4 N–H and O–H groups in total. The van der Waals surface area contributed by atoms with E-state index >= 15 is 0 Å². The molecule has 8 nitrogen and oxygen atoms in total. The molecule has 1 unspecified atom stereocenters. The Balaban J connectivity index is 2.30. The Morgan fingerprint density at radius 3 is 2.74 bits per heavy atom. The Labute approximate surface area is 110 Å². The van der Waals surface area contributed by atoms with Crippen molar-refractivity contribution in [1.29, 1.82) is 0 Å². The Hall–Kier alpha value is -1.83. The zero-order valence-electron chi connectivity index (χ0n) is 10.6. The summed E-state index contributed by atoms with van der Waals surface area (Å²) in [4.78, 5) is 34.3. The number of urea groups is 1. The molecule has 1 rings (SSSR count). The number of ether oxygens (including phenoxy) is 1. The quantitative estimate of drug-likeness (QED) is 0.572. The van der Waals surface area contributed by atoms with Crippen LogP contribution in [0.5, 0.6) is 0 Å². The summed E-state index contributed by atoms with van der Waals surface area (Å²) in [7, 11) is 0. The van der Waals surface area contributed by atoms with Gasteiger partial charge in [-0.2, -0.15) is 0 Å². The Morgan fingerprint density at radius 2 is 2.11 bits per heavy atom. The molecule has 0 aromatic rings. The minimum atomic E-state index is -1.10. The van der Waals surface area contributed by atoms with Crippen LogP contribution in [-0.4, -0.2) is 60.8 Å². The topological polar surface area (TPSA) is 122 Å². The second-order valence-electron chi connectivity index (χ2n) is 4.48. The number of carboxylic acids is 1. The second-order valence-corrected chi connectivity index (χ2v) is 4.48. The van der Waals surface area contributed by atoms with Crippen LogP contribution in [-0.2, 0) is 14.3 Å². The van der Waals surface area contributed by atoms with E-state index < -0.39 is 18.6 Å². The third-order valence-electron chi connectivity index (χ3n) is 2.89. The van der Waals surface area contributed by atoms with E-state index in [9.17, 15) is 14.4 Å². The molecule has 108 valence electrons. The van der Waals surface area contributed by atoms with Crippen molar-refractivity contribution >= 4 is 17.9 Å². The van der Waals surface area contributed by atoms with Gasteiger partial charge in [0.15, 0.2) is 0 Å². The molecule has 1 fully saturated rings. The maximum Gasteiger partial charge on any atom is 0.329 e. The van der Waals surface area contributed by atoms with Crippen molar-refractivity contribution in [1.82, 2.24) is 10.2 Å². The fourth-order valence-corrected chi connectivity index (χ4v) is 2.02. The highest BCUT2D eigenvalue weighted by atomic mass is 16.5. The van der Waals surface area contributed by atoms with Crippen LogP contribution >= 0.6 is 0 Å². The van der Waals surface area contributed by atoms with Crippen molar-refractivity contribution in [3.63, 3.8) is 0 Å². The van der Waals surface area contributed by atoms with Gasteiger partial charge in [0.2, 0.25) is 5.91 Å². The predicted octanol–water partition coefficient (Wildman–Crippen LogP) is -1.01. The van der Waals surface area contributed by atoms with Crippen molar-refractivity contribution in [3.8, 4) is 0 Å². The molecular formula is C11H19N3O5. The number of piperidine rings is 1. The highest BCUT2D eigenvalue weighted by molar-refractivity contribution is 5.78. The van der Waals surface area contributed by atoms with Gasteiger partial charge in [-0.25, -0.2) is 9.59 Å². The van der Waals surface area contributed by atoms with Crippen LogP contribution in [0, 0.1) is 5.92 Å². The number of nitrogens with zero attached hydrogens (tertiary/aromatic N) is 1. The van der Waals surface area contributed by atoms with Gasteiger partial charge in [-0.05, 0) is 18.8 Å². The molecule has 0 aromatic carbocycles. The summed E-state index contributed by atoms with van der Waals surface area (Å²) >= 11 is 0. The molecule has 1 saturated heterocycles. The number of amides is 3. The first-order chi connectivity index (χ1) is 8.99. The first-order valence-electron chi connectivity index (χ1n) is 6.09. The van der Waals surface area contributed by atoms with Gasteiger partial charge in [0.1, 0.15) is 13.2 Å². The smallest absolute Gasteiger partial charge is 0.329 e. The number of hydrogen-bond acceptors (Lipinski definition) is 4. The molecule has 0 bridgehead atoms. The van der Waals surface area contributed by atoms with Gasteiger partial charge in [0.25, 0.3) is 0 Å². The maximum absolute atomic E-state index is 11.8. The molecule has 0 aliphatic carbocycles. The third-order valence-corrected chi connectivity index (χ3v) is 2.89. The van der Waals surface area contributed by atoms with Gasteiger partial charge in [-0.3, -0.25) is 4.79 Å². The number of carbonyl (C=O) groups excluding carboxylic acids is 2. The molecule has 0 aromatic heterocycles. The minimum absolute atomic E-state index is 0.171. The highest BCUT2D eigenvalue weighted by Gasteiger charge is 2.23. The van der Waals surface area contributed by atoms with Crippen molar-refractivity contribution in [2.45, 2.75) is 12.8 Å². The Kier molecular flexibility index (Phi) is 6.07. The number of hydrogen-bond donors (Lipinski definition) is 3. The first kappa shape index (κ1) is 15.2. The number of rotatable bonds is 6. The molecule has 19 heavy (non-hydrogen) atoms. The summed E-state index contributed by atoms with van der Waals surface area (Å²) in [6.45, 7) is 0.876. The number of aliphatic carboxylic acids is 1. The van der Waals surface area contributed by atoms with Crippen LogP contribution in [0.4, 0.5) is 4.79 Å². The molecule has 0 saturated carbocycles. The average Bonchev–Trinajstić information content (AvgIpc) is 2.36. The molecule has 3 amide bonds. The van der Waals surface area contributed by atoms with Crippen LogP contribution in [0.25, 0.3) is 0 Å². The number of carboxylic acid groups (broad SMARTS) is 1. The first-order valence-corrected chi connectivity index (χ1v) is 6.09. The standard InChI is InChI=1S/C11H19N3O5/c12-11(18)13-4-8-2-1-3-14(5-8)9(15)6-19-7-10(16)17/h8H,1-7H2,(H,16,17)(H3,12,13,18). The molecule has 0 spiro atoms. The largest absolute Gasteiger partial charge is 0.480 e. The van der Waals surface area contributed by atoms with Gasteiger partial charge in [-0.1, -0.05) is 0 Å². The van der Waals surface area contributed by atoms with E-state index in [1.807, 2.05) is 0 Å². The Morgan fingerprint density at radius 1 is 1.37 bits per heavy atom. The lowest BCUT2D eigenvalue weighted by atomic mass is 9.98. The summed E-state index contributed by atoms with van der Waals surface area (Å²) in [6.07, 6.45) is 1.76. The maximum atomic E-state index is 11.8. The molecule has 1 heterocycles. The van der Waals surface area contributed by atoms with Gasteiger partial charge in [-0.15, -0.1) is 0 Å². The normalized spacial score (nSPS) is 18.9. The van der Waals surface area contributed by atoms with Crippen LogP contribution in [0.3, 0.4) is 0 Å². The SMILES string of the molecule is NC(=O)NCC1CCCN(C(=O)COCC(=O)O)C1. The number of likely N-dealkylation sites (tertiary alicyclic amines) is 1. The van der Waals surface area contributed by atoms with Crippen molar-refractivity contribution in [2.75, 3.05) is 32.8 Å². The Bertz CT molecular complexity index is 347. The van der Waals surface area contributed by atoms with Crippen LogP contribution in [0.15, 0.2) is 0 Å². The summed E-state index contributed by atoms with van der Waals surface area (Å²) in [5.41, 5.74) is 4.99. The van der Waals surface area contributed by atoms with E-state index in [0.29, 0.717) is 19.6 Å². The summed E-state index contributed by atoms with van der Waals surface area (Å²) in [5.74, 6) is -1.16. The van der Waals surface area contributed by atoms with E-state index in [2.05, 4.69) is 5.32 Å². The molecule has 1 aliphatic rings. The fraction of sp³-hybridized carbons (Fsp3) is 0.727. The minimum Gasteiger partial charge on any atom is -0.480 e. The second kappa shape index (κ2) is 7.57. The van der Waals surface area contributed by atoms with E-state index in [0.717, 1.165) is 12.8 Å². The summed E-state index contributed by atoms with van der Waals surface area (Å²) in [5, 5.41) is 10.9. The molecule has 1 aliphatic heterocycles. The van der Waals surface area contributed by atoms with E-state index in [-0.39, 0.29) is 18.4 Å². The monoisotopic (exact) mass is 273 g/mol. The zero-order chi connectivity index (χ0) is 14.3. The van der Waals surface area contributed by atoms with E-state index in [1.165, 1.54) is 0 Å². The predicted molar refractivity (Wildman–Crippen MR) is 65.3 cm³/mol. The van der Waals surface area contributed by atoms with Gasteiger partial charge < -0.3 is 25.8 Å².